The average molecular weight is 376 g/mol. The maximum atomic E-state index is 12.4. The van der Waals surface area contributed by atoms with E-state index in [9.17, 15) is 9.59 Å². The van der Waals surface area contributed by atoms with Gasteiger partial charge in [0.25, 0.3) is 0 Å². The fraction of sp³-hybridized carbons (Fsp3) is 0.300. The van der Waals surface area contributed by atoms with Crippen LogP contribution < -0.4 is 5.32 Å². The van der Waals surface area contributed by atoms with Gasteiger partial charge in [0, 0.05) is 22.3 Å². The Balaban J connectivity index is 2.62. The molecule has 0 saturated carbocycles. The summed E-state index contributed by atoms with van der Waals surface area (Å²) < 4.78 is 9.82. The Morgan fingerprint density at radius 1 is 1.04 bits per heavy atom. The quantitative estimate of drug-likeness (QED) is 0.813. The Morgan fingerprint density at radius 3 is 2.04 bits per heavy atom. The molecule has 138 valence electrons. The molecule has 0 bridgehead atoms. The Kier molecular flexibility index (Phi) is 6.27. The summed E-state index contributed by atoms with van der Waals surface area (Å²) in [6.07, 6.45) is 1.68. The first-order valence-corrected chi connectivity index (χ1v) is 8.47. The van der Waals surface area contributed by atoms with Crippen LogP contribution in [0.2, 0.25) is 0 Å². The zero-order valence-corrected chi connectivity index (χ0v) is 16.2. The molecule has 0 amide bonds. The highest BCUT2D eigenvalue weighted by atomic mass is 35.5. The molecular formula is C20H22ClNO4. The van der Waals surface area contributed by atoms with Gasteiger partial charge in [-0.3, -0.25) is 0 Å². The van der Waals surface area contributed by atoms with E-state index < -0.39 is 17.9 Å². The zero-order valence-electron chi connectivity index (χ0n) is 15.5. The van der Waals surface area contributed by atoms with Crippen molar-refractivity contribution in [3.05, 3.63) is 64.0 Å². The van der Waals surface area contributed by atoms with Gasteiger partial charge in [-0.05, 0) is 26.3 Å². The summed E-state index contributed by atoms with van der Waals surface area (Å²) in [6.45, 7) is 5.47. The third kappa shape index (κ3) is 3.99. The van der Waals surface area contributed by atoms with Gasteiger partial charge in [-0.2, -0.15) is 0 Å². The minimum atomic E-state index is -0.677. The number of allylic oxidation sites excluding steroid dienone is 3. The number of rotatable bonds is 4. The standard InChI is InChI=1S/C20H22ClNO4/c1-11-7-6-8-14(9-11)16(21)10-15-17(19(23)25-4)12(2)22-13(3)18(15)20(24)26-5/h6-10,15,22H,1-5H3/b16-10-. The summed E-state index contributed by atoms with van der Waals surface area (Å²) in [5.74, 6) is -1.73. The van der Waals surface area contributed by atoms with E-state index in [-0.39, 0.29) is 0 Å². The van der Waals surface area contributed by atoms with Gasteiger partial charge < -0.3 is 14.8 Å². The number of carbonyl (C=O) groups is 2. The molecule has 5 nitrogen and oxygen atoms in total. The Bertz CT molecular complexity index is 798. The second kappa shape index (κ2) is 8.23. The van der Waals surface area contributed by atoms with Crippen LogP contribution in [0.25, 0.3) is 5.03 Å². The van der Waals surface area contributed by atoms with E-state index in [1.807, 2.05) is 31.2 Å². The highest BCUT2D eigenvalue weighted by molar-refractivity contribution is 6.48. The van der Waals surface area contributed by atoms with E-state index >= 15 is 0 Å². The lowest BCUT2D eigenvalue weighted by molar-refractivity contribution is -0.137. The van der Waals surface area contributed by atoms with Crippen LogP contribution in [0.3, 0.4) is 0 Å². The van der Waals surface area contributed by atoms with Crippen molar-refractivity contribution in [1.82, 2.24) is 5.32 Å². The molecule has 0 atom stereocenters. The molecule has 2 rings (SSSR count). The second-order valence-electron chi connectivity index (χ2n) is 6.05. The number of nitrogens with one attached hydrogen (secondary N) is 1. The minimum absolute atomic E-state index is 0.323. The fourth-order valence-corrected chi connectivity index (χ4v) is 3.25. The lowest BCUT2D eigenvalue weighted by Gasteiger charge is -2.28. The van der Waals surface area contributed by atoms with Gasteiger partial charge in [0.1, 0.15) is 0 Å². The van der Waals surface area contributed by atoms with E-state index in [1.54, 1.807) is 19.9 Å². The zero-order chi connectivity index (χ0) is 19.4. The maximum Gasteiger partial charge on any atom is 0.336 e. The molecule has 1 aliphatic heterocycles. The lowest BCUT2D eigenvalue weighted by Crippen LogP contribution is -2.32. The minimum Gasteiger partial charge on any atom is -0.466 e. The van der Waals surface area contributed by atoms with Crippen LogP contribution in [-0.4, -0.2) is 26.2 Å². The predicted octanol–water partition coefficient (Wildman–Crippen LogP) is 3.69. The van der Waals surface area contributed by atoms with Crippen molar-refractivity contribution in [2.75, 3.05) is 14.2 Å². The summed E-state index contributed by atoms with van der Waals surface area (Å²) in [5.41, 5.74) is 3.72. The molecule has 1 aromatic rings. The van der Waals surface area contributed by atoms with Gasteiger partial charge in [0.05, 0.1) is 25.4 Å². The van der Waals surface area contributed by atoms with Crippen molar-refractivity contribution in [2.24, 2.45) is 5.92 Å². The van der Waals surface area contributed by atoms with Crippen molar-refractivity contribution in [2.45, 2.75) is 20.8 Å². The first kappa shape index (κ1) is 19.8. The number of carbonyl (C=O) groups excluding carboxylic acids is 2. The third-order valence-electron chi connectivity index (χ3n) is 4.22. The van der Waals surface area contributed by atoms with Gasteiger partial charge in [-0.25, -0.2) is 9.59 Å². The highest BCUT2D eigenvalue weighted by Crippen LogP contribution is 2.35. The van der Waals surface area contributed by atoms with Crippen LogP contribution in [0, 0.1) is 12.8 Å². The van der Waals surface area contributed by atoms with Crippen molar-refractivity contribution in [3.8, 4) is 0 Å². The van der Waals surface area contributed by atoms with Crippen LogP contribution in [0.1, 0.15) is 25.0 Å². The molecule has 0 aromatic heterocycles. The van der Waals surface area contributed by atoms with Gasteiger partial charge >= 0.3 is 11.9 Å². The number of ether oxygens (including phenoxy) is 2. The summed E-state index contributed by atoms with van der Waals surface area (Å²) in [4.78, 5) is 24.7. The fourth-order valence-electron chi connectivity index (χ4n) is 3.01. The third-order valence-corrected chi connectivity index (χ3v) is 4.57. The largest absolute Gasteiger partial charge is 0.466 e. The van der Waals surface area contributed by atoms with Crippen molar-refractivity contribution in [3.63, 3.8) is 0 Å². The monoisotopic (exact) mass is 375 g/mol. The Labute approximate surface area is 158 Å². The van der Waals surface area contributed by atoms with Gasteiger partial charge in [-0.1, -0.05) is 47.5 Å². The van der Waals surface area contributed by atoms with Crippen molar-refractivity contribution in [1.29, 1.82) is 0 Å². The SMILES string of the molecule is COC(=O)C1=C(C)NC(C)=C(C(=O)OC)C1/C=C(\Cl)c1cccc(C)c1. The first-order valence-electron chi connectivity index (χ1n) is 8.09. The number of methoxy groups -OCH3 is 2. The number of aryl methyl sites for hydroxylation is 1. The van der Waals surface area contributed by atoms with Crippen molar-refractivity contribution >= 4 is 28.6 Å². The van der Waals surface area contributed by atoms with Crippen LogP contribution in [0.5, 0.6) is 0 Å². The number of esters is 2. The first-order chi connectivity index (χ1) is 12.3. The van der Waals surface area contributed by atoms with Crippen LogP contribution in [0.4, 0.5) is 0 Å². The Hall–Kier alpha value is -2.53. The normalized spacial score (nSPS) is 15.7. The van der Waals surface area contributed by atoms with E-state index in [0.717, 1.165) is 11.1 Å². The molecule has 1 heterocycles. The van der Waals surface area contributed by atoms with Crippen LogP contribution in [0.15, 0.2) is 52.9 Å². The lowest BCUT2D eigenvalue weighted by atomic mass is 9.84. The molecule has 1 N–H and O–H groups in total. The predicted molar refractivity (Wildman–Crippen MR) is 101 cm³/mol. The van der Waals surface area contributed by atoms with Gasteiger partial charge in [0.2, 0.25) is 0 Å². The van der Waals surface area contributed by atoms with E-state index in [2.05, 4.69) is 5.32 Å². The molecule has 1 aromatic carbocycles. The Morgan fingerprint density at radius 2 is 1.58 bits per heavy atom. The van der Waals surface area contributed by atoms with E-state index in [4.69, 9.17) is 21.1 Å². The molecule has 0 fully saturated rings. The van der Waals surface area contributed by atoms with Crippen LogP contribution in [-0.2, 0) is 19.1 Å². The summed E-state index contributed by atoms with van der Waals surface area (Å²) in [5, 5.41) is 3.48. The maximum absolute atomic E-state index is 12.4. The molecule has 26 heavy (non-hydrogen) atoms. The van der Waals surface area contributed by atoms with Gasteiger partial charge in [-0.15, -0.1) is 0 Å². The van der Waals surface area contributed by atoms with Crippen LogP contribution >= 0.6 is 11.6 Å². The summed E-state index contributed by atoms with van der Waals surface area (Å²) >= 11 is 6.52. The average Bonchev–Trinajstić information content (AvgIpc) is 2.60. The highest BCUT2D eigenvalue weighted by Gasteiger charge is 2.35. The molecule has 6 heteroatoms. The van der Waals surface area contributed by atoms with E-state index in [1.165, 1.54) is 14.2 Å². The molecular weight excluding hydrogens is 354 g/mol. The van der Waals surface area contributed by atoms with Crippen molar-refractivity contribution < 1.29 is 19.1 Å². The molecule has 1 aliphatic rings. The number of benzene rings is 1. The smallest absolute Gasteiger partial charge is 0.336 e. The number of hydrogen-bond acceptors (Lipinski definition) is 5. The molecule has 0 radical (unpaired) electrons. The van der Waals surface area contributed by atoms with Gasteiger partial charge in [0.15, 0.2) is 0 Å². The topological polar surface area (TPSA) is 64.6 Å². The summed E-state index contributed by atoms with van der Waals surface area (Å²) in [7, 11) is 2.60. The number of halogens is 1. The number of dihydropyridines is 1. The second-order valence-corrected chi connectivity index (χ2v) is 6.45. The molecule has 0 aliphatic carbocycles. The summed E-state index contributed by atoms with van der Waals surface area (Å²) in [6, 6.07) is 7.67. The molecule has 0 spiro atoms. The molecule has 0 saturated heterocycles. The molecule has 0 unspecified atom stereocenters. The van der Waals surface area contributed by atoms with E-state index in [0.29, 0.717) is 27.6 Å². The number of hydrogen-bond donors (Lipinski definition) is 1.